The van der Waals surface area contributed by atoms with E-state index in [0.717, 1.165) is 21.5 Å². The van der Waals surface area contributed by atoms with Crippen molar-refractivity contribution in [3.05, 3.63) is 33.7 Å². The molecule has 0 spiro atoms. The van der Waals surface area contributed by atoms with Gasteiger partial charge in [-0.05, 0) is 34.5 Å². The Morgan fingerprint density at radius 3 is 2.59 bits per heavy atom. The molecule has 0 saturated heterocycles. The lowest BCUT2D eigenvalue weighted by molar-refractivity contribution is 0.564. The molecule has 4 heteroatoms. The highest BCUT2D eigenvalue weighted by atomic mass is 79.9. The summed E-state index contributed by atoms with van der Waals surface area (Å²) < 4.78 is 3.16. The zero-order valence-electron chi connectivity index (χ0n) is 10.7. The third kappa shape index (κ3) is 2.11. The number of fused-ring (bicyclic) bond motifs is 1. The number of hydrogen-bond donors (Lipinski definition) is 1. The maximum Gasteiger partial charge on any atom is 0.137 e. The van der Waals surface area contributed by atoms with Crippen molar-refractivity contribution >= 4 is 21.6 Å². The molecule has 17 heavy (non-hydrogen) atoms. The fourth-order valence-electron chi connectivity index (χ4n) is 2.00. The number of halogens is 1. The summed E-state index contributed by atoms with van der Waals surface area (Å²) in [6.07, 6.45) is 2.05. The van der Waals surface area contributed by atoms with E-state index in [2.05, 4.69) is 60.3 Å². The molecular weight excluding hydrogens is 278 g/mol. The fraction of sp³-hybridized carbons (Fsp3) is 0.462. The molecule has 0 atom stereocenters. The molecular formula is C13H18BrN3. The molecule has 0 saturated carbocycles. The second-order valence-corrected chi connectivity index (χ2v) is 6.25. The monoisotopic (exact) mass is 295 g/mol. The maximum atomic E-state index is 5.87. The Bertz CT molecular complexity index is 564. The predicted octanol–water partition coefficient (Wildman–Crippen LogP) is 3.16. The van der Waals surface area contributed by atoms with Gasteiger partial charge in [-0.2, -0.15) is 0 Å². The zero-order chi connectivity index (χ0) is 12.8. The summed E-state index contributed by atoms with van der Waals surface area (Å²) in [4.78, 5) is 4.72. The van der Waals surface area contributed by atoms with Crippen LogP contribution in [-0.4, -0.2) is 9.38 Å². The molecule has 0 aliphatic heterocycles. The first-order valence-electron chi connectivity index (χ1n) is 5.72. The van der Waals surface area contributed by atoms with Crippen molar-refractivity contribution in [2.24, 2.45) is 5.73 Å². The number of rotatable bonds is 1. The van der Waals surface area contributed by atoms with E-state index in [4.69, 9.17) is 10.7 Å². The van der Waals surface area contributed by atoms with Gasteiger partial charge in [-0.15, -0.1) is 0 Å². The van der Waals surface area contributed by atoms with Gasteiger partial charge in [0.1, 0.15) is 5.65 Å². The maximum absolute atomic E-state index is 5.87. The topological polar surface area (TPSA) is 43.3 Å². The summed E-state index contributed by atoms with van der Waals surface area (Å²) in [5, 5.41) is 0. The molecule has 0 aliphatic carbocycles. The summed E-state index contributed by atoms with van der Waals surface area (Å²) in [6, 6.07) is 2.08. The Labute approximate surface area is 110 Å². The Morgan fingerprint density at radius 1 is 1.41 bits per heavy atom. The van der Waals surface area contributed by atoms with Crippen LogP contribution in [0.3, 0.4) is 0 Å². The summed E-state index contributed by atoms with van der Waals surface area (Å²) in [5.41, 5.74) is 10.2. The molecule has 2 aromatic heterocycles. The van der Waals surface area contributed by atoms with Gasteiger partial charge >= 0.3 is 0 Å². The first-order chi connectivity index (χ1) is 7.84. The molecule has 0 radical (unpaired) electrons. The van der Waals surface area contributed by atoms with Crippen LogP contribution in [0.25, 0.3) is 5.65 Å². The Kier molecular flexibility index (Phi) is 3.04. The third-order valence-electron chi connectivity index (χ3n) is 2.91. The van der Waals surface area contributed by atoms with Crippen molar-refractivity contribution in [1.29, 1.82) is 0 Å². The van der Waals surface area contributed by atoms with Crippen molar-refractivity contribution in [3.8, 4) is 0 Å². The van der Waals surface area contributed by atoms with Crippen LogP contribution < -0.4 is 5.73 Å². The lowest BCUT2D eigenvalue weighted by Gasteiger charge is -2.17. The summed E-state index contributed by atoms with van der Waals surface area (Å²) in [7, 11) is 0. The van der Waals surface area contributed by atoms with Crippen molar-refractivity contribution < 1.29 is 0 Å². The number of nitrogens with two attached hydrogens (primary N) is 1. The fourth-order valence-corrected chi connectivity index (χ4v) is 2.32. The summed E-state index contributed by atoms with van der Waals surface area (Å²) >= 11 is 3.55. The smallest absolute Gasteiger partial charge is 0.137 e. The lowest BCUT2D eigenvalue weighted by atomic mass is 9.91. The number of imidazole rings is 1. The van der Waals surface area contributed by atoms with Crippen LogP contribution in [0.2, 0.25) is 0 Å². The highest BCUT2D eigenvalue weighted by Gasteiger charge is 2.23. The minimum atomic E-state index is 0.0150. The molecule has 2 rings (SSSR count). The van der Waals surface area contributed by atoms with Gasteiger partial charge in [0.05, 0.1) is 11.4 Å². The average Bonchev–Trinajstić information content (AvgIpc) is 2.56. The zero-order valence-corrected chi connectivity index (χ0v) is 12.3. The van der Waals surface area contributed by atoms with Crippen molar-refractivity contribution in [2.45, 2.75) is 39.7 Å². The van der Waals surface area contributed by atoms with Crippen LogP contribution in [0.1, 0.15) is 37.7 Å². The van der Waals surface area contributed by atoms with E-state index in [1.165, 1.54) is 5.56 Å². The molecule has 0 aromatic carbocycles. The number of aromatic nitrogens is 2. The van der Waals surface area contributed by atoms with E-state index in [1.807, 2.05) is 0 Å². The number of pyridine rings is 1. The van der Waals surface area contributed by atoms with Crippen molar-refractivity contribution in [1.82, 2.24) is 9.38 Å². The van der Waals surface area contributed by atoms with Crippen LogP contribution in [0.4, 0.5) is 0 Å². The van der Waals surface area contributed by atoms with Gasteiger partial charge in [-0.3, -0.25) is 0 Å². The quantitative estimate of drug-likeness (QED) is 0.878. The Hall–Kier alpha value is -0.870. The van der Waals surface area contributed by atoms with E-state index in [1.54, 1.807) is 0 Å². The molecule has 3 nitrogen and oxygen atoms in total. The number of aryl methyl sites for hydroxylation is 1. The van der Waals surface area contributed by atoms with Crippen LogP contribution >= 0.6 is 15.9 Å². The first-order valence-corrected chi connectivity index (χ1v) is 6.51. The molecule has 92 valence electrons. The minimum absolute atomic E-state index is 0.0150. The van der Waals surface area contributed by atoms with Gasteiger partial charge in [-0.1, -0.05) is 20.8 Å². The second-order valence-electron chi connectivity index (χ2n) is 5.39. The van der Waals surface area contributed by atoms with E-state index in [0.29, 0.717) is 6.54 Å². The minimum Gasteiger partial charge on any atom is -0.325 e. The Balaban J connectivity index is 2.80. The van der Waals surface area contributed by atoms with E-state index >= 15 is 0 Å². The second kappa shape index (κ2) is 4.10. The van der Waals surface area contributed by atoms with E-state index in [-0.39, 0.29) is 5.41 Å². The largest absolute Gasteiger partial charge is 0.325 e. The number of hydrogen-bond acceptors (Lipinski definition) is 2. The predicted molar refractivity (Wildman–Crippen MR) is 74.2 cm³/mol. The SMILES string of the molecule is Cc1cc2nc(C(C)(C)C)c(CN)n2cc1Br. The van der Waals surface area contributed by atoms with Gasteiger partial charge in [0, 0.05) is 22.6 Å². The molecule has 2 aromatic rings. The van der Waals surface area contributed by atoms with Crippen LogP contribution in [0.15, 0.2) is 16.7 Å². The van der Waals surface area contributed by atoms with Crippen molar-refractivity contribution in [2.75, 3.05) is 0 Å². The van der Waals surface area contributed by atoms with Gasteiger partial charge in [0.15, 0.2) is 0 Å². The highest BCUT2D eigenvalue weighted by molar-refractivity contribution is 9.10. The first kappa shape index (κ1) is 12.6. The molecule has 2 heterocycles. The molecule has 0 unspecified atom stereocenters. The van der Waals surface area contributed by atoms with Gasteiger partial charge in [0.25, 0.3) is 0 Å². The van der Waals surface area contributed by atoms with Crippen LogP contribution in [0.5, 0.6) is 0 Å². The highest BCUT2D eigenvalue weighted by Crippen LogP contribution is 2.28. The lowest BCUT2D eigenvalue weighted by Crippen LogP contribution is -2.16. The third-order valence-corrected chi connectivity index (χ3v) is 3.74. The van der Waals surface area contributed by atoms with E-state index in [9.17, 15) is 0 Å². The molecule has 0 fully saturated rings. The Morgan fingerprint density at radius 2 is 2.06 bits per heavy atom. The summed E-state index contributed by atoms with van der Waals surface area (Å²) in [6.45, 7) is 9.06. The van der Waals surface area contributed by atoms with Crippen LogP contribution in [0, 0.1) is 6.92 Å². The number of nitrogens with zero attached hydrogens (tertiary/aromatic N) is 2. The summed E-state index contributed by atoms with van der Waals surface area (Å²) in [5.74, 6) is 0. The molecule has 0 bridgehead atoms. The van der Waals surface area contributed by atoms with Crippen LogP contribution in [-0.2, 0) is 12.0 Å². The van der Waals surface area contributed by atoms with Gasteiger partial charge in [-0.25, -0.2) is 4.98 Å². The van der Waals surface area contributed by atoms with E-state index < -0.39 is 0 Å². The molecule has 0 aliphatic rings. The standard InChI is InChI=1S/C13H18BrN3/c1-8-5-11-16-12(13(2,3)4)10(6-15)17(11)7-9(8)14/h5,7H,6,15H2,1-4H3. The van der Waals surface area contributed by atoms with Gasteiger partial charge < -0.3 is 10.1 Å². The molecule has 0 amide bonds. The van der Waals surface area contributed by atoms with Crippen molar-refractivity contribution in [3.63, 3.8) is 0 Å². The molecule has 2 N–H and O–H groups in total. The van der Waals surface area contributed by atoms with Gasteiger partial charge in [0.2, 0.25) is 0 Å². The average molecular weight is 296 g/mol. The normalized spacial score (nSPS) is 12.4.